The van der Waals surface area contributed by atoms with E-state index < -0.39 is 0 Å². The summed E-state index contributed by atoms with van der Waals surface area (Å²) in [5.74, 6) is 0.0665. The van der Waals surface area contributed by atoms with Gasteiger partial charge in [0.1, 0.15) is 10.8 Å². The van der Waals surface area contributed by atoms with Crippen molar-refractivity contribution in [3.63, 3.8) is 0 Å². The molecule has 0 fully saturated rings. The molecule has 1 heterocycles. The summed E-state index contributed by atoms with van der Waals surface area (Å²) in [7, 11) is 1.85. The third-order valence-corrected chi connectivity index (χ3v) is 4.20. The summed E-state index contributed by atoms with van der Waals surface area (Å²) in [4.78, 5) is 4.62. The molecule has 0 aliphatic heterocycles. The summed E-state index contributed by atoms with van der Waals surface area (Å²) in [5, 5.41) is 6.61. The Hall–Kier alpha value is -0.970. The summed E-state index contributed by atoms with van der Waals surface area (Å²) in [6, 6.07) is 4.35. The summed E-state index contributed by atoms with van der Waals surface area (Å²) in [6.45, 7) is 4.22. The Bertz CT molecular complexity index is 568. The maximum Gasteiger partial charge on any atom is 0.124 e. The fraction of sp³-hybridized carbons (Fsp3) is 0.357. The van der Waals surface area contributed by atoms with Crippen molar-refractivity contribution in [2.75, 3.05) is 7.05 Å². The SMILES string of the molecule is CNC(c1nc(C(C)C)cs1)c1ccc(F)cc1Cl. The number of hydrogen-bond acceptors (Lipinski definition) is 3. The highest BCUT2D eigenvalue weighted by atomic mass is 35.5. The van der Waals surface area contributed by atoms with E-state index in [-0.39, 0.29) is 11.9 Å². The molecule has 1 atom stereocenters. The number of thiazole rings is 1. The first kappa shape index (κ1) is 14.4. The lowest BCUT2D eigenvalue weighted by Gasteiger charge is -2.15. The maximum atomic E-state index is 13.1. The molecule has 0 amide bonds. The van der Waals surface area contributed by atoms with Crippen molar-refractivity contribution in [3.8, 4) is 0 Å². The minimum absolute atomic E-state index is 0.106. The third-order valence-electron chi connectivity index (χ3n) is 2.94. The summed E-state index contributed by atoms with van der Waals surface area (Å²) in [5.41, 5.74) is 1.91. The molecule has 0 radical (unpaired) electrons. The van der Waals surface area contributed by atoms with Gasteiger partial charge in [-0.3, -0.25) is 0 Å². The predicted octanol–water partition coefficient (Wildman–Crippen LogP) is 4.37. The van der Waals surface area contributed by atoms with Crippen LogP contribution in [-0.4, -0.2) is 12.0 Å². The smallest absolute Gasteiger partial charge is 0.124 e. The number of aromatic nitrogens is 1. The van der Waals surface area contributed by atoms with Crippen LogP contribution >= 0.6 is 22.9 Å². The monoisotopic (exact) mass is 298 g/mol. The molecule has 0 saturated carbocycles. The van der Waals surface area contributed by atoms with Gasteiger partial charge in [0, 0.05) is 10.4 Å². The standard InChI is InChI=1S/C14H16ClFN2S/c1-8(2)12-7-19-14(18-12)13(17-3)10-5-4-9(16)6-11(10)15/h4-8,13,17H,1-3H3. The lowest BCUT2D eigenvalue weighted by molar-refractivity contribution is 0.623. The zero-order valence-electron chi connectivity index (χ0n) is 11.1. The normalized spacial score (nSPS) is 12.9. The van der Waals surface area contributed by atoms with E-state index in [2.05, 4.69) is 29.5 Å². The van der Waals surface area contributed by atoms with Crippen LogP contribution in [0.5, 0.6) is 0 Å². The van der Waals surface area contributed by atoms with Crippen LogP contribution in [0.2, 0.25) is 5.02 Å². The van der Waals surface area contributed by atoms with Gasteiger partial charge in [0.15, 0.2) is 0 Å². The molecule has 5 heteroatoms. The zero-order valence-corrected chi connectivity index (χ0v) is 12.6. The van der Waals surface area contributed by atoms with Gasteiger partial charge < -0.3 is 5.32 Å². The van der Waals surface area contributed by atoms with Crippen LogP contribution in [0.1, 0.15) is 42.1 Å². The van der Waals surface area contributed by atoms with E-state index in [4.69, 9.17) is 11.6 Å². The van der Waals surface area contributed by atoms with Gasteiger partial charge in [-0.1, -0.05) is 31.5 Å². The summed E-state index contributed by atoms with van der Waals surface area (Å²) in [6.07, 6.45) is 0. The van der Waals surface area contributed by atoms with Crippen molar-refractivity contribution in [2.24, 2.45) is 0 Å². The fourth-order valence-electron chi connectivity index (χ4n) is 1.85. The van der Waals surface area contributed by atoms with Crippen molar-refractivity contribution in [2.45, 2.75) is 25.8 Å². The van der Waals surface area contributed by atoms with Crippen LogP contribution in [-0.2, 0) is 0 Å². The van der Waals surface area contributed by atoms with E-state index in [0.717, 1.165) is 16.3 Å². The second-order valence-corrected chi connectivity index (χ2v) is 5.95. The molecule has 2 aromatic rings. The van der Waals surface area contributed by atoms with Crippen LogP contribution in [0.25, 0.3) is 0 Å². The minimum atomic E-state index is -0.328. The zero-order chi connectivity index (χ0) is 14.0. The number of halogens is 2. The van der Waals surface area contributed by atoms with Crippen LogP contribution in [0.15, 0.2) is 23.6 Å². The molecule has 1 N–H and O–H groups in total. The highest BCUT2D eigenvalue weighted by Crippen LogP contribution is 2.31. The van der Waals surface area contributed by atoms with E-state index in [9.17, 15) is 4.39 Å². The molecule has 1 aromatic carbocycles. The Kier molecular flexibility index (Phi) is 4.55. The fourth-order valence-corrected chi connectivity index (χ4v) is 3.23. The first-order chi connectivity index (χ1) is 9.02. The van der Waals surface area contributed by atoms with Crippen LogP contribution in [0.3, 0.4) is 0 Å². The highest BCUT2D eigenvalue weighted by Gasteiger charge is 2.19. The second-order valence-electron chi connectivity index (χ2n) is 4.65. The van der Waals surface area contributed by atoms with Gasteiger partial charge in [-0.2, -0.15) is 0 Å². The average Bonchev–Trinajstić information content (AvgIpc) is 2.82. The molecule has 102 valence electrons. The van der Waals surface area contributed by atoms with Crippen LogP contribution in [0, 0.1) is 5.82 Å². The topological polar surface area (TPSA) is 24.9 Å². The molecule has 0 bridgehead atoms. The van der Waals surface area contributed by atoms with Gasteiger partial charge in [0.25, 0.3) is 0 Å². The van der Waals surface area contributed by atoms with E-state index in [0.29, 0.717) is 10.9 Å². The molecule has 0 aliphatic carbocycles. The van der Waals surface area contributed by atoms with Crippen LogP contribution in [0.4, 0.5) is 4.39 Å². The lowest BCUT2D eigenvalue weighted by atomic mass is 10.1. The van der Waals surface area contributed by atoms with Crippen molar-refractivity contribution in [1.29, 1.82) is 0 Å². The van der Waals surface area contributed by atoms with Gasteiger partial charge in [-0.15, -0.1) is 11.3 Å². The van der Waals surface area contributed by atoms with E-state index in [1.54, 1.807) is 17.4 Å². The Balaban J connectivity index is 2.38. The van der Waals surface area contributed by atoms with Crippen molar-refractivity contribution in [3.05, 3.63) is 50.7 Å². The van der Waals surface area contributed by atoms with E-state index in [1.165, 1.54) is 12.1 Å². The van der Waals surface area contributed by atoms with Gasteiger partial charge in [0.2, 0.25) is 0 Å². The maximum absolute atomic E-state index is 13.1. The number of nitrogens with zero attached hydrogens (tertiary/aromatic N) is 1. The first-order valence-electron chi connectivity index (χ1n) is 6.10. The third kappa shape index (κ3) is 3.14. The Morgan fingerprint density at radius 2 is 2.11 bits per heavy atom. The Morgan fingerprint density at radius 1 is 1.37 bits per heavy atom. The number of rotatable bonds is 4. The van der Waals surface area contributed by atoms with Crippen molar-refractivity contribution in [1.82, 2.24) is 10.3 Å². The molecule has 0 aliphatic rings. The predicted molar refractivity (Wildman–Crippen MR) is 78.5 cm³/mol. The molecule has 0 spiro atoms. The Morgan fingerprint density at radius 3 is 2.63 bits per heavy atom. The molecule has 1 aromatic heterocycles. The average molecular weight is 299 g/mol. The van der Waals surface area contributed by atoms with Gasteiger partial charge in [0.05, 0.1) is 11.7 Å². The van der Waals surface area contributed by atoms with Gasteiger partial charge in [-0.25, -0.2) is 9.37 Å². The molecular weight excluding hydrogens is 283 g/mol. The molecule has 2 rings (SSSR count). The number of nitrogens with one attached hydrogen (secondary N) is 1. The second kappa shape index (κ2) is 5.99. The first-order valence-corrected chi connectivity index (χ1v) is 7.36. The van der Waals surface area contributed by atoms with Crippen molar-refractivity contribution < 1.29 is 4.39 Å². The number of hydrogen-bond donors (Lipinski definition) is 1. The molecular formula is C14H16ClFN2S. The van der Waals surface area contributed by atoms with E-state index in [1.807, 2.05) is 7.05 Å². The quantitative estimate of drug-likeness (QED) is 0.907. The molecule has 0 saturated heterocycles. The minimum Gasteiger partial charge on any atom is -0.307 e. The van der Waals surface area contributed by atoms with Crippen molar-refractivity contribution >= 4 is 22.9 Å². The lowest BCUT2D eigenvalue weighted by Crippen LogP contribution is -2.18. The van der Waals surface area contributed by atoms with E-state index >= 15 is 0 Å². The summed E-state index contributed by atoms with van der Waals surface area (Å²) >= 11 is 7.71. The largest absolute Gasteiger partial charge is 0.307 e. The number of benzene rings is 1. The highest BCUT2D eigenvalue weighted by molar-refractivity contribution is 7.09. The molecule has 2 nitrogen and oxygen atoms in total. The van der Waals surface area contributed by atoms with Gasteiger partial charge >= 0.3 is 0 Å². The summed E-state index contributed by atoms with van der Waals surface area (Å²) < 4.78 is 13.1. The molecule has 1 unspecified atom stereocenters. The van der Waals surface area contributed by atoms with Crippen LogP contribution < -0.4 is 5.32 Å². The Labute approximate surface area is 121 Å². The molecule has 19 heavy (non-hydrogen) atoms. The van der Waals surface area contributed by atoms with Gasteiger partial charge in [-0.05, 0) is 30.7 Å².